The third-order valence-electron chi connectivity index (χ3n) is 5.16. The SMILES string of the molecule is O=C(O)CCC(Cc1ccccc1)NC(=O)N1CCC(COc2ccccc2)C1. The zero-order chi connectivity index (χ0) is 20.5. The number of aliphatic carboxylic acids is 1. The van der Waals surface area contributed by atoms with E-state index in [1.807, 2.05) is 60.7 Å². The molecule has 2 N–H and O–H groups in total. The van der Waals surface area contributed by atoms with Crippen LogP contribution in [0, 0.1) is 5.92 Å². The Morgan fingerprint density at radius 2 is 1.79 bits per heavy atom. The molecule has 2 aromatic carbocycles. The molecule has 0 spiro atoms. The van der Waals surface area contributed by atoms with Crippen molar-refractivity contribution in [3.8, 4) is 5.75 Å². The number of ether oxygens (including phenoxy) is 1. The van der Waals surface area contributed by atoms with Crippen molar-refractivity contribution in [2.45, 2.75) is 31.7 Å². The van der Waals surface area contributed by atoms with E-state index in [1.54, 1.807) is 4.90 Å². The van der Waals surface area contributed by atoms with Crippen LogP contribution in [0.4, 0.5) is 4.79 Å². The number of amides is 2. The molecule has 1 fully saturated rings. The van der Waals surface area contributed by atoms with Gasteiger partial charge in [0.05, 0.1) is 6.61 Å². The lowest BCUT2D eigenvalue weighted by Crippen LogP contribution is -2.45. The summed E-state index contributed by atoms with van der Waals surface area (Å²) in [7, 11) is 0. The maximum Gasteiger partial charge on any atom is 0.317 e. The minimum Gasteiger partial charge on any atom is -0.493 e. The van der Waals surface area contributed by atoms with E-state index in [4.69, 9.17) is 9.84 Å². The summed E-state index contributed by atoms with van der Waals surface area (Å²) in [6.07, 6.45) is 1.96. The highest BCUT2D eigenvalue weighted by Gasteiger charge is 2.28. The van der Waals surface area contributed by atoms with Gasteiger partial charge in [-0.2, -0.15) is 0 Å². The number of nitrogens with zero attached hydrogens (tertiary/aromatic N) is 1. The molecule has 2 unspecified atom stereocenters. The fourth-order valence-corrected chi connectivity index (χ4v) is 3.57. The molecular formula is C23H28N2O4. The van der Waals surface area contributed by atoms with Crippen molar-refractivity contribution in [2.24, 2.45) is 5.92 Å². The number of carbonyl (C=O) groups is 2. The normalized spacial score (nSPS) is 17.0. The predicted molar refractivity (Wildman–Crippen MR) is 111 cm³/mol. The number of benzene rings is 2. The van der Waals surface area contributed by atoms with E-state index >= 15 is 0 Å². The van der Waals surface area contributed by atoms with Crippen molar-refractivity contribution < 1.29 is 19.4 Å². The number of hydrogen-bond acceptors (Lipinski definition) is 3. The maximum atomic E-state index is 12.7. The average molecular weight is 396 g/mol. The van der Waals surface area contributed by atoms with Gasteiger partial charge in [-0.25, -0.2) is 4.79 Å². The fraction of sp³-hybridized carbons (Fsp3) is 0.391. The summed E-state index contributed by atoms with van der Waals surface area (Å²) in [5, 5.41) is 12.1. The van der Waals surface area contributed by atoms with Gasteiger partial charge in [0.25, 0.3) is 0 Å². The molecule has 1 saturated heterocycles. The highest BCUT2D eigenvalue weighted by atomic mass is 16.5. The molecule has 1 aliphatic heterocycles. The summed E-state index contributed by atoms with van der Waals surface area (Å²) in [6.45, 7) is 1.92. The van der Waals surface area contributed by atoms with E-state index in [0.29, 0.717) is 38.5 Å². The van der Waals surface area contributed by atoms with E-state index in [-0.39, 0.29) is 18.5 Å². The summed E-state index contributed by atoms with van der Waals surface area (Å²) in [4.78, 5) is 25.5. The number of carbonyl (C=O) groups excluding carboxylic acids is 1. The summed E-state index contributed by atoms with van der Waals surface area (Å²) >= 11 is 0. The standard InChI is InChI=1S/C23H28N2O4/c26-22(27)12-11-20(15-18-7-3-1-4-8-18)24-23(28)25-14-13-19(16-25)17-29-21-9-5-2-6-10-21/h1-10,19-20H,11-17H2,(H,24,28)(H,26,27). The maximum absolute atomic E-state index is 12.7. The summed E-state index contributed by atoms with van der Waals surface area (Å²) < 4.78 is 5.82. The first-order chi connectivity index (χ1) is 14.1. The third kappa shape index (κ3) is 6.82. The second kappa shape index (κ2) is 10.5. The van der Waals surface area contributed by atoms with Crippen LogP contribution in [0.5, 0.6) is 5.75 Å². The van der Waals surface area contributed by atoms with Gasteiger partial charge in [-0.3, -0.25) is 4.79 Å². The van der Waals surface area contributed by atoms with Gasteiger partial charge >= 0.3 is 12.0 Å². The molecule has 0 aromatic heterocycles. The van der Waals surface area contributed by atoms with Crippen LogP contribution < -0.4 is 10.1 Å². The molecule has 0 aliphatic carbocycles. The Balaban J connectivity index is 1.50. The van der Waals surface area contributed by atoms with Crippen molar-refractivity contribution in [1.29, 1.82) is 0 Å². The molecule has 0 radical (unpaired) electrons. The summed E-state index contributed by atoms with van der Waals surface area (Å²) in [5.41, 5.74) is 1.08. The molecule has 2 atom stereocenters. The quantitative estimate of drug-likeness (QED) is 0.679. The van der Waals surface area contributed by atoms with Gasteiger partial charge in [0.15, 0.2) is 0 Å². The van der Waals surface area contributed by atoms with Crippen LogP contribution in [0.3, 0.4) is 0 Å². The monoisotopic (exact) mass is 396 g/mol. The van der Waals surface area contributed by atoms with Crippen molar-refractivity contribution in [1.82, 2.24) is 10.2 Å². The Labute approximate surface area is 171 Å². The fourth-order valence-electron chi connectivity index (χ4n) is 3.57. The minimum atomic E-state index is -0.850. The van der Waals surface area contributed by atoms with E-state index < -0.39 is 5.97 Å². The van der Waals surface area contributed by atoms with Crippen LogP contribution in [0.15, 0.2) is 60.7 Å². The smallest absolute Gasteiger partial charge is 0.317 e. The van der Waals surface area contributed by atoms with Crippen molar-refractivity contribution in [3.05, 3.63) is 66.2 Å². The Kier molecular flexibility index (Phi) is 7.50. The topological polar surface area (TPSA) is 78.9 Å². The Morgan fingerprint density at radius 1 is 1.10 bits per heavy atom. The Morgan fingerprint density at radius 3 is 2.48 bits per heavy atom. The second-order valence-electron chi connectivity index (χ2n) is 7.49. The van der Waals surface area contributed by atoms with Crippen LogP contribution in [0.1, 0.15) is 24.8 Å². The van der Waals surface area contributed by atoms with Crippen molar-refractivity contribution in [3.63, 3.8) is 0 Å². The zero-order valence-corrected chi connectivity index (χ0v) is 16.5. The van der Waals surface area contributed by atoms with Crippen LogP contribution in [0.2, 0.25) is 0 Å². The lowest BCUT2D eigenvalue weighted by molar-refractivity contribution is -0.137. The van der Waals surface area contributed by atoms with E-state index in [2.05, 4.69) is 5.32 Å². The molecule has 29 heavy (non-hydrogen) atoms. The number of urea groups is 1. The molecule has 6 nitrogen and oxygen atoms in total. The number of para-hydroxylation sites is 1. The van der Waals surface area contributed by atoms with Gasteiger partial charge in [0, 0.05) is 31.5 Å². The Hall–Kier alpha value is -3.02. The Bertz CT molecular complexity index is 782. The van der Waals surface area contributed by atoms with Gasteiger partial charge in [-0.05, 0) is 37.0 Å². The molecule has 6 heteroatoms. The number of hydrogen-bond donors (Lipinski definition) is 2. The molecule has 154 valence electrons. The average Bonchev–Trinajstić information content (AvgIpc) is 3.21. The number of carboxylic acids is 1. The lowest BCUT2D eigenvalue weighted by atomic mass is 10.0. The van der Waals surface area contributed by atoms with Crippen molar-refractivity contribution in [2.75, 3.05) is 19.7 Å². The minimum absolute atomic E-state index is 0.0331. The van der Waals surface area contributed by atoms with E-state index in [9.17, 15) is 9.59 Å². The molecule has 1 heterocycles. The molecule has 2 aromatic rings. The predicted octanol–water partition coefficient (Wildman–Crippen LogP) is 3.57. The lowest BCUT2D eigenvalue weighted by Gasteiger charge is -2.23. The van der Waals surface area contributed by atoms with Crippen LogP contribution in [-0.4, -0.2) is 47.7 Å². The summed E-state index contributed by atoms with van der Waals surface area (Å²) in [5.74, 6) is 0.288. The zero-order valence-electron chi connectivity index (χ0n) is 16.5. The number of rotatable bonds is 9. The van der Waals surface area contributed by atoms with Crippen LogP contribution >= 0.6 is 0 Å². The summed E-state index contributed by atoms with van der Waals surface area (Å²) in [6, 6.07) is 19.2. The van der Waals surface area contributed by atoms with Gasteiger partial charge < -0.3 is 20.1 Å². The van der Waals surface area contributed by atoms with Gasteiger partial charge in [0.2, 0.25) is 0 Å². The van der Waals surface area contributed by atoms with E-state index in [0.717, 1.165) is 17.7 Å². The molecular weight excluding hydrogens is 368 g/mol. The largest absolute Gasteiger partial charge is 0.493 e. The van der Waals surface area contributed by atoms with Crippen LogP contribution in [0.25, 0.3) is 0 Å². The third-order valence-corrected chi connectivity index (χ3v) is 5.16. The highest BCUT2D eigenvalue weighted by molar-refractivity contribution is 5.75. The first-order valence-electron chi connectivity index (χ1n) is 10.1. The first-order valence-corrected chi connectivity index (χ1v) is 10.1. The van der Waals surface area contributed by atoms with Gasteiger partial charge in [-0.15, -0.1) is 0 Å². The number of likely N-dealkylation sites (tertiary alicyclic amines) is 1. The van der Waals surface area contributed by atoms with Gasteiger partial charge in [0.1, 0.15) is 5.75 Å². The van der Waals surface area contributed by atoms with Gasteiger partial charge in [-0.1, -0.05) is 48.5 Å². The molecule has 2 amide bonds. The second-order valence-corrected chi connectivity index (χ2v) is 7.49. The highest BCUT2D eigenvalue weighted by Crippen LogP contribution is 2.19. The molecule has 0 bridgehead atoms. The number of nitrogens with one attached hydrogen (secondary N) is 1. The van der Waals surface area contributed by atoms with Crippen LogP contribution in [-0.2, 0) is 11.2 Å². The molecule has 0 saturated carbocycles. The first kappa shape index (κ1) is 20.7. The van der Waals surface area contributed by atoms with E-state index in [1.165, 1.54) is 0 Å². The van der Waals surface area contributed by atoms with Crippen molar-refractivity contribution >= 4 is 12.0 Å². The molecule has 3 rings (SSSR count). The number of carboxylic acid groups (broad SMARTS) is 1. The molecule has 1 aliphatic rings.